The molecule has 0 unspecified atom stereocenters. The van der Waals surface area contributed by atoms with Crippen molar-refractivity contribution < 1.29 is 19.2 Å². The summed E-state index contributed by atoms with van der Waals surface area (Å²) in [6, 6.07) is 11.8. The van der Waals surface area contributed by atoms with Gasteiger partial charge in [-0.25, -0.2) is 4.79 Å². The molecular formula is C17H10N2O5S2. The summed E-state index contributed by atoms with van der Waals surface area (Å²) in [5.74, 6) is -0.624. The molecule has 1 aliphatic rings. The van der Waals surface area contributed by atoms with Crippen LogP contribution in [-0.4, -0.2) is 21.1 Å². The van der Waals surface area contributed by atoms with Crippen LogP contribution >= 0.6 is 24.0 Å². The molecule has 0 radical (unpaired) electrons. The average Bonchev–Trinajstić information content (AvgIpc) is 2.92. The monoisotopic (exact) mass is 386 g/mol. The fourth-order valence-electron chi connectivity index (χ4n) is 2.13. The fourth-order valence-corrected chi connectivity index (χ4v) is 3.17. The molecule has 1 amide bonds. The van der Waals surface area contributed by atoms with Gasteiger partial charge in [-0.3, -0.25) is 14.9 Å². The number of amides is 1. The molecule has 7 nitrogen and oxygen atoms in total. The third kappa shape index (κ3) is 4.13. The third-order valence-electron chi connectivity index (χ3n) is 3.32. The molecule has 0 atom stereocenters. The number of ether oxygens (including phenoxy) is 1. The minimum atomic E-state index is -0.640. The first-order valence-electron chi connectivity index (χ1n) is 7.24. The van der Waals surface area contributed by atoms with E-state index in [0.29, 0.717) is 14.8 Å². The topological polar surface area (TPSA) is 98.5 Å². The molecule has 1 N–H and O–H groups in total. The van der Waals surface area contributed by atoms with Gasteiger partial charge < -0.3 is 10.1 Å². The highest BCUT2D eigenvalue weighted by Crippen LogP contribution is 2.27. The fraction of sp³-hybridized carbons (Fsp3) is 0. The first kappa shape index (κ1) is 17.8. The van der Waals surface area contributed by atoms with Crippen LogP contribution in [0.1, 0.15) is 15.9 Å². The summed E-state index contributed by atoms with van der Waals surface area (Å²) in [7, 11) is 0. The zero-order valence-corrected chi connectivity index (χ0v) is 14.6. The number of hydrogen-bond donors (Lipinski definition) is 1. The molecule has 1 heterocycles. The molecule has 2 aromatic carbocycles. The van der Waals surface area contributed by atoms with Crippen molar-refractivity contribution in [2.24, 2.45) is 0 Å². The highest BCUT2D eigenvalue weighted by atomic mass is 32.2. The summed E-state index contributed by atoms with van der Waals surface area (Å²) in [5.41, 5.74) is 0.747. The maximum absolute atomic E-state index is 12.2. The van der Waals surface area contributed by atoms with Gasteiger partial charge in [0.15, 0.2) is 0 Å². The van der Waals surface area contributed by atoms with Crippen LogP contribution in [0.3, 0.4) is 0 Å². The van der Waals surface area contributed by atoms with Crippen molar-refractivity contribution >= 4 is 51.9 Å². The van der Waals surface area contributed by atoms with E-state index in [1.54, 1.807) is 30.3 Å². The van der Waals surface area contributed by atoms with Gasteiger partial charge in [-0.05, 0) is 35.9 Å². The van der Waals surface area contributed by atoms with Crippen LogP contribution in [0.15, 0.2) is 53.4 Å². The Morgan fingerprint density at radius 1 is 1.23 bits per heavy atom. The van der Waals surface area contributed by atoms with Gasteiger partial charge in [-0.15, -0.1) is 0 Å². The largest absolute Gasteiger partial charge is 0.423 e. The van der Waals surface area contributed by atoms with Gasteiger partial charge >= 0.3 is 5.97 Å². The van der Waals surface area contributed by atoms with E-state index in [1.165, 1.54) is 24.3 Å². The number of rotatable bonds is 4. The van der Waals surface area contributed by atoms with Gasteiger partial charge in [-0.2, -0.15) is 0 Å². The minimum Gasteiger partial charge on any atom is -0.423 e. The van der Waals surface area contributed by atoms with E-state index in [2.05, 4.69) is 5.32 Å². The predicted octanol–water partition coefficient (Wildman–Crippen LogP) is 3.30. The minimum absolute atomic E-state index is 0.111. The molecule has 1 aliphatic heterocycles. The van der Waals surface area contributed by atoms with Gasteiger partial charge in [0.25, 0.3) is 11.6 Å². The molecule has 1 saturated heterocycles. The summed E-state index contributed by atoms with van der Waals surface area (Å²) in [5, 5.41) is 13.2. The van der Waals surface area contributed by atoms with Crippen molar-refractivity contribution in [1.29, 1.82) is 0 Å². The SMILES string of the molecule is O=C1NC(=S)S/C1=C/c1cccc(OC(=O)c2ccc([N+](=O)[O-])cc2)c1. The molecule has 0 spiro atoms. The molecule has 3 rings (SSSR count). The summed E-state index contributed by atoms with van der Waals surface area (Å²) in [6.45, 7) is 0. The number of thioether (sulfide) groups is 1. The van der Waals surface area contributed by atoms with Crippen LogP contribution in [0.2, 0.25) is 0 Å². The van der Waals surface area contributed by atoms with Crippen LogP contribution in [0, 0.1) is 10.1 Å². The van der Waals surface area contributed by atoms with Crippen LogP contribution in [0.4, 0.5) is 5.69 Å². The second-order valence-corrected chi connectivity index (χ2v) is 6.84. The Balaban J connectivity index is 1.75. The van der Waals surface area contributed by atoms with Crippen LogP contribution in [0.25, 0.3) is 6.08 Å². The lowest BCUT2D eigenvalue weighted by Gasteiger charge is -2.05. The normalized spacial score (nSPS) is 15.0. The highest BCUT2D eigenvalue weighted by Gasteiger charge is 2.22. The predicted molar refractivity (Wildman–Crippen MR) is 101 cm³/mol. The number of thiocarbonyl (C=S) groups is 1. The standard InChI is InChI=1S/C17H10N2O5S2/c20-15-14(26-17(25)18-15)9-10-2-1-3-13(8-10)24-16(21)11-4-6-12(7-5-11)19(22)23/h1-9H,(H,18,20,25)/b14-9+. The molecule has 0 aliphatic carbocycles. The maximum Gasteiger partial charge on any atom is 0.343 e. The Labute approximate surface area is 157 Å². The number of esters is 1. The molecular weight excluding hydrogens is 376 g/mol. The number of nitro benzene ring substituents is 1. The van der Waals surface area contributed by atoms with E-state index in [4.69, 9.17) is 17.0 Å². The first-order chi connectivity index (χ1) is 12.4. The second kappa shape index (κ2) is 7.46. The summed E-state index contributed by atoms with van der Waals surface area (Å²) >= 11 is 6.09. The van der Waals surface area contributed by atoms with Gasteiger partial charge in [0.2, 0.25) is 0 Å². The lowest BCUT2D eigenvalue weighted by Crippen LogP contribution is -2.17. The van der Waals surface area contributed by atoms with Crippen molar-refractivity contribution in [3.8, 4) is 5.75 Å². The number of benzene rings is 2. The van der Waals surface area contributed by atoms with Crippen molar-refractivity contribution in [1.82, 2.24) is 5.32 Å². The summed E-state index contributed by atoms with van der Waals surface area (Å²) in [4.78, 5) is 34.4. The van der Waals surface area contributed by atoms with Gasteiger partial charge in [0.1, 0.15) is 10.1 Å². The number of nitrogens with one attached hydrogen (secondary N) is 1. The van der Waals surface area contributed by atoms with Gasteiger partial charge in [0.05, 0.1) is 15.4 Å². The number of nitrogens with zero attached hydrogens (tertiary/aromatic N) is 1. The van der Waals surface area contributed by atoms with E-state index in [-0.39, 0.29) is 22.9 Å². The lowest BCUT2D eigenvalue weighted by molar-refractivity contribution is -0.384. The molecule has 26 heavy (non-hydrogen) atoms. The van der Waals surface area contributed by atoms with Crippen molar-refractivity contribution in [2.75, 3.05) is 0 Å². The average molecular weight is 386 g/mol. The summed E-state index contributed by atoms with van der Waals surface area (Å²) in [6.07, 6.45) is 1.64. The Morgan fingerprint density at radius 2 is 1.96 bits per heavy atom. The molecule has 0 saturated carbocycles. The molecule has 9 heteroatoms. The van der Waals surface area contributed by atoms with Crippen LogP contribution < -0.4 is 10.1 Å². The van der Waals surface area contributed by atoms with Gasteiger partial charge in [0, 0.05) is 12.1 Å². The number of hydrogen-bond acceptors (Lipinski definition) is 7. The molecule has 0 bridgehead atoms. The molecule has 0 aromatic heterocycles. The molecule has 2 aromatic rings. The van der Waals surface area contributed by atoms with Crippen molar-refractivity contribution in [3.05, 3.63) is 74.7 Å². The van der Waals surface area contributed by atoms with E-state index >= 15 is 0 Å². The summed E-state index contributed by atoms with van der Waals surface area (Å²) < 4.78 is 5.67. The van der Waals surface area contributed by atoms with E-state index < -0.39 is 10.9 Å². The number of nitro groups is 1. The Kier molecular flexibility index (Phi) is 5.10. The third-order valence-corrected chi connectivity index (χ3v) is 4.48. The quantitative estimate of drug-likeness (QED) is 0.215. The lowest BCUT2D eigenvalue weighted by atomic mass is 10.2. The van der Waals surface area contributed by atoms with Crippen molar-refractivity contribution in [3.63, 3.8) is 0 Å². The van der Waals surface area contributed by atoms with Crippen LogP contribution in [-0.2, 0) is 4.79 Å². The van der Waals surface area contributed by atoms with Crippen molar-refractivity contribution in [2.45, 2.75) is 0 Å². The zero-order valence-electron chi connectivity index (χ0n) is 13.0. The molecule has 130 valence electrons. The first-order valence-corrected chi connectivity index (χ1v) is 8.46. The number of non-ortho nitro benzene ring substituents is 1. The van der Waals surface area contributed by atoms with E-state index in [1.807, 2.05) is 0 Å². The van der Waals surface area contributed by atoms with Gasteiger partial charge in [-0.1, -0.05) is 36.1 Å². The maximum atomic E-state index is 12.2. The number of carbonyl (C=O) groups excluding carboxylic acids is 2. The molecule has 1 fully saturated rings. The Hall–Kier alpha value is -3.04. The van der Waals surface area contributed by atoms with E-state index in [9.17, 15) is 19.7 Å². The van der Waals surface area contributed by atoms with Crippen LogP contribution in [0.5, 0.6) is 5.75 Å². The number of carbonyl (C=O) groups is 2. The van der Waals surface area contributed by atoms with E-state index in [0.717, 1.165) is 11.8 Å². The smallest absolute Gasteiger partial charge is 0.343 e. The Bertz CT molecular complexity index is 954. The second-order valence-electron chi connectivity index (χ2n) is 5.12. The zero-order chi connectivity index (χ0) is 18.7. The highest BCUT2D eigenvalue weighted by molar-refractivity contribution is 8.26. The Morgan fingerprint density at radius 3 is 2.58 bits per heavy atom.